The molecule has 7 heteroatoms. The van der Waals surface area contributed by atoms with E-state index in [9.17, 15) is 4.79 Å². The summed E-state index contributed by atoms with van der Waals surface area (Å²) in [5.41, 5.74) is 2.44. The van der Waals surface area contributed by atoms with Crippen LogP contribution in [0.2, 0.25) is 0 Å². The van der Waals surface area contributed by atoms with Crippen molar-refractivity contribution in [3.05, 3.63) is 35.4 Å². The molecule has 0 spiro atoms. The molecule has 2 unspecified atom stereocenters. The van der Waals surface area contributed by atoms with Crippen LogP contribution in [0.1, 0.15) is 43.7 Å². The van der Waals surface area contributed by atoms with Crippen LogP contribution in [0.4, 0.5) is 0 Å². The highest BCUT2D eigenvalue weighted by Crippen LogP contribution is 2.20. The van der Waals surface area contributed by atoms with Gasteiger partial charge in [0.1, 0.15) is 6.10 Å². The lowest BCUT2D eigenvalue weighted by molar-refractivity contribution is -0.140. The van der Waals surface area contributed by atoms with Crippen molar-refractivity contribution in [2.24, 2.45) is 4.99 Å². The Morgan fingerprint density at radius 3 is 2.57 bits per heavy atom. The standard InChI is InChI=1S/C21H34N4O2.HI/c1-5-6-13-22-21(23-14-17-9-7-16(2)8-10-17)24-15-18-11-12-19(27-18)20(26)25(3)4;/h7-10,18-19H,5-6,11-15H2,1-4H3,(H2,22,23,24);1H. The summed E-state index contributed by atoms with van der Waals surface area (Å²) in [6.45, 7) is 6.44. The number of nitrogens with one attached hydrogen (secondary N) is 2. The third-order valence-electron chi connectivity index (χ3n) is 4.68. The number of aryl methyl sites for hydroxylation is 1. The molecular weight excluding hydrogens is 467 g/mol. The number of guanidine groups is 1. The fourth-order valence-corrected chi connectivity index (χ4v) is 2.96. The predicted molar refractivity (Wildman–Crippen MR) is 125 cm³/mol. The van der Waals surface area contributed by atoms with Gasteiger partial charge in [0, 0.05) is 27.2 Å². The Morgan fingerprint density at radius 2 is 1.93 bits per heavy atom. The molecule has 1 aliphatic rings. The summed E-state index contributed by atoms with van der Waals surface area (Å²) in [5.74, 6) is 0.849. The molecule has 2 N–H and O–H groups in total. The first-order chi connectivity index (χ1) is 13.0. The Morgan fingerprint density at radius 1 is 1.21 bits per heavy atom. The number of hydrogen-bond acceptors (Lipinski definition) is 3. The minimum absolute atomic E-state index is 0. The van der Waals surface area contributed by atoms with E-state index in [0.717, 1.165) is 38.2 Å². The van der Waals surface area contributed by atoms with Gasteiger partial charge in [0.25, 0.3) is 5.91 Å². The Hall–Kier alpha value is -1.35. The lowest BCUT2D eigenvalue weighted by Crippen LogP contribution is -2.42. The summed E-state index contributed by atoms with van der Waals surface area (Å²) in [6, 6.07) is 8.44. The van der Waals surface area contributed by atoms with Crippen molar-refractivity contribution in [3.63, 3.8) is 0 Å². The van der Waals surface area contributed by atoms with Crippen molar-refractivity contribution in [1.82, 2.24) is 15.5 Å². The summed E-state index contributed by atoms with van der Waals surface area (Å²) < 4.78 is 5.90. The molecule has 0 aliphatic carbocycles. The molecule has 1 heterocycles. The van der Waals surface area contributed by atoms with E-state index in [4.69, 9.17) is 9.73 Å². The summed E-state index contributed by atoms with van der Waals surface area (Å²) in [4.78, 5) is 18.3. The molecule has 158 valence electrons. The number of hydrogen-bond donors (Lipinski definition) is 2. The van der Waals surface area contributed by atoms with E-state index >= 15 is 0 Å². The highest BCUT2D eigenvalue weighted by atomic mass is 127. The monoisotopic (exact) mass is 502 g/mol. The molecule has 2 rings (SSSR count). The maximum absolute atomic E-state index is 12.0. The Balaban J connectivity index is 0.00000392. The predicted octanol–water partition coefficient (Wildman–Crippen LogP) is 3.08. The van der Waals surface area contributed by atoms with Crippen molar-refractivity contribution in [1.29, 1.82) is 0 Å². The summed E-state index contributed by atoms with van der Waals surface area (Å²) in [7, 11) is 3.54. The quantitative estimate of drug-likeness (QED) is 0.248. The average molecular weight is 502 g/mol. The van der Waals surface area contributed by atoms with Crippen molar-refractivity contribution >= 4 is 35.8 Å². The second-order valence-electron chi connectivity index (χ2n) is 7.37. The maximum atomic E-state index is 12.0. The number of carbonyl (C=O) groups excluding carboxylic acids is 1. The first-order valence-electron chi connectivity index (χ1n) is 9.94. The van der Waals surface area contributed by atoms with Crippen LogP contribution in [0, 0.1) is 6.92 Å². The minimum Gasteiger partial charge on any atom is -0.363 e. The number of rotatable bonds is 8. The van der Waals surface area contributed by atoms with Crippen molar-refractivity contribution < 1.29 is 9.53 Å². The second kappa shape index (κ2) is 13.0. The molecule has 28 heavy (non-hydrogen) atoms. The number of aliphatic imine (C=N–C) groups is 1. The summed E-state index contributed by atoms with van der Waals surface area (Å²) >= 11 is 0. The van der Waals surface area contributed by atoms with Crippen LogP contribution < -0.4 is 10.6 Å². The largest absolute Gasteiger partial charge is 0.363 e. The molecule has 6 nitrogen and oxygen atoms in total. The van der Waals surface area contributed by atoms with Crippen molar-refractivity contribution in [2.45, 2.75) is 58.3 Å². The first kappa shape index (κ1) is 24.7. The molecule has 1 fully saturated rings. The van der Waals surface area contributed by atoms with Crippen molar-refractivity contribution in [3.8, 4) is 0 Å². The zero-order valence-corrected chi connectivity index (χ0v) is 19.9. The fraction of sp³-hybridized carbons (Fsp3) is 0.619. The van der Waals surface area contributed by atoms with Crippen LogP contribution in [-0.2, 0) is 16.1 Å². The van der Waals surface area contributed by atoms with Crippen LogP contribution in [-0.4, -0.2) is 56.2 Å². The number of unbranched alkanes of at least 4 members (excludes halogenated alkanes) is 1. The molecule has 0 bridgehead atoms. The molecule has 2 atom stereocenters. The third kappa shape index (κ3) is 8.34. The molecular formula is C21H35IN4O2. The Bertz CT molecular complexity index is 619. The zero-order valence-electron chi connectivity index (χ0n) is 17.5. The lowest BCUT2D eigenvalue weighted by atomic mass is 10.1. The van der Waals surface area contributed by atoms with E-state index in [2.05, 4.69) is 48.7 Å². The van der Waals surface area contributed by atoms with E-state index in [1.807, 2.05) is 0 Å². The maximum Gasteiger partial charge on any atom is 0.251 e. The first-order valence-corrected chi connectivity index (χ1v) is 9.94. The SMILES string of the molecule is CCCCNC(=NCc1ccc(C)cc1)NCC1CCC(C(=O)N(C)C)O1.I. The molecule has 1 aromatic rings. The van der Waals surface area contributed by atoms with E-state index in [1.165, 1.54) is 11.1 Å². The van der Waals surface area contributed by atoms with Gasteiger partial charge >= 0.3 is 0 Å². The molecule has 1 aliphatic heterocycles. The number of amides is 1. The number of benzene rings is 1. The smallest absolute Gasteiger partial charge is 0.251 e. The molecule has 0 saturated carbocycles. The average Bonchev–Trinajstić information content (AvgIpc) is 3.13. The molecule has 0 aromatic heterocycles. The number of ether oxygens (including phenoxy) is 1. The lowest BCUT2D eigenvalue weighted by Gasteiger charge is -2.18. The van der Waals surface area contributed by atoms with Gasteiger partial charge in [-0.05, 0) is 31.7 Å². The zero-order chi connectivity index (χ0) is 19.6. The minimum atomic E-state index is -0.312. The highest BCUT2D eigenvalue weighted by Gasteiger charge is 2.31. The van der Waals surface area contributed by atoms with E-state index < -0.39 is 0 Å². The van der Waals surface area contributed by atoms with E-state index in [-0.39, 0.29) is 42.1 Å². The topological polar surface area (TPSA) is 66.0 Å². The van der Waals surface area contributed by atoms with Gasteiger partial charge in [-0.1, -0.05) is 43.2 Å². The molecule has 1 aromatic carbocycles. The fourth-order valence-electron chi connectivity index (χ4n) is 2.96. The molecule has 1 saturated heterocycles. The van der Waals surface area contributed by atoms with E-state index in [0.29, 0.717) is 13.1 Å². The molecule has 0 radical (unpaired) electrons. The van der Waals surface area contributed by atoms with Gasteiger partial charge in [-0.3, -0.25) is 4.79 Å². The van der Waals surface area contributed by atoms with Crippen LogP contribution in [0.5, 0.6) is 0 Å². The van der Waals surface area contributed by atoms with Gasteiger partial charge in [0.2, 0.25) is 0 Å². The Kier molecular flexibility index (Phi) is 11.4. The van der Waals surface area contributed by atoms with Gasteiger partial charge in [-0.25, -0.2) is 4.99 Å². The van der Waals surface area contributed by atoms with Gasteiger partial charge in [0.05, 0.1) is 12.6 Å². The van der Waals surface area contributed by atoms with Crippen LogP contribution in [0.15, 0.2) is 29.3 Å². The van der Waals surface area contributed by atoms with Gasteiger partial charge in [0.15, 0.2) is 5.96 Å². The van der Waals surface area contributed by atoms with Crippen LogP contribution >= 0.6 is 24.0 Å². The normalized spacial score (nSPS) is 19.1. The highest BCUT2D eigenvalue weighted by molar-refractivity contribution is 14.0. The van der Waals surface area contributed by atoms with E-state index in [1.54, 1.807) is 19.0 Å². The molecule has 1 amide bonds. The Labute approximate surface area is 186 Å². The van der Waals surface area contributed by atoms with Crippen LogP contribution in [0.25, 0.3) is 0 Å². The number of halogens is 1. The number of carbonyl (C=O) groups is 1. The van der Waals surface area contributed by atoms with Gasteiger partial charge < -0.3 is 20.3 Å². The summed E-state index contributed by atoms with van der Waals surface area (Å²) in [6.07, 6.45) is 3.63. The second-order valence-corrected chi connectivity index (χ2v) is 7.37. The number of likely N-dealkylation sites (N-methyl/N-ethyl adjacent to an activating group) is 1. The summed E-state index contributed by atoms with van der Waals surface area (Å²) in [5, 5.41) is 6.77. The van der Waals surface area contributed by atoms with Gasteiger partial charge in [-0.15, -0.1) is 24.0 Å². The number of nitrogens with zero attached hydrogens (tertiary/aromatic N) is 2. The third-order valence-corrected chi connectivity index (χ3v) is 4.68. The van der Waals surface area contributed by atoms with Crippen molar-refractivity contribution in [2.75, 3.05) is 27.2 Å². The van der Waals surface area contributed by atoms with Crippen LogP contribution in [0.3, 0.4) is 0 Å². The van der Waals surface area contributed by atoms with Gasteiger partial charge in [-0.2, -0.15) is 0 Å².